The fraction of sp³-hybridized carbons (Fsp3) is 0.512. The number of nitrogens with one attached hydrogen (secondary N) is 1. The number of amides is 2. The summed E-state index contributed by atoms with van der Waals surface area (Å²) in [6, 6.07) is 14.3. The number of benzene rings is 2. The van der Waals surface area contributed by atoms with Crippen LogP contribution >= 0.6 is 0 Å². The number of hydrogen-bond acceptors (Lipinski definition) is 10. The van der Waals surface area contributed by atoms with Gasteiger partial charge in [0, 0.05) is 44.7 Å². The molecule has 0 unspecified atom stereocenters. The van der Waals surface area contributed by atoms with Gasteiger partial charge >= 0.3 is 12.2 Å². The predicted octanol–water partition coefficient (Wildman–Crippen LogP) is 7.27. The Kier molecular flexibility index (Phi) is 15.3. The van der Waals surface area contributed by atoms with E-state index in [4.69, 9.17) is 23.8 Å². The number of nitrogens with zero attached hydrogens (tertiary/aromatic N) is 2. The Morgan fingerprint density at radius 1 is 1.05 bits per heavy atom. The van der Waals surface area contributed by atoms with E-state index in [-0.39, 0.29) is 50.6 Å². The molecule has 0 bridgehead atoms. The van der Waals surface area contributed by atoms with Crippen LogP contribution in [-0.4, -0.2) is 84.9 Å². The third-order valence-electron chi connectivity index (χ3n) is 10.7. The van der Waals surface area contributed by atoms with E-state index in [1.54, 1.807) is 31.3 Å². The van der Waals surface area contributed by atoms with Crippen molar-refractivity contribution in [1.82, 2.24) is 10.2 Å². The van der Waals surface area contributed by atoms with Gasteiger partial charge in [-0.1, -0.05) is 66.6 Å². The Bertz CT molecular complexity index is 1660. The van der Waals surface area contributed by atoms with Crippen LogP contribution < -0.4 is 14.8 Å². The predicted molar refractivity (Wildman–Crippen MR) is 210 cm³/mol. The number of ether oxygens (including phenoxy) is 4. The molecule has 55 heavy (non-hydrogen) atoms. The lowest BCUT2D eigenvalue weighted by Crippen LogP contribution is -2.69. The number of aliphatic hydroxyl groups is 2. The molecule has 12 heteroatoms. The van der Waals surface area contributed by atoms with Crippen molar-refractivity contribution in [2.24, 2.45) is 22.9 Å². The highest BCUT2D eigenvalue weighted by Gasteiger charge is 2.65. The van der Waals surface area contributed by atoms with Crippen molar-refractivity contribution in [3.8, 4) is 11.5 Å². The van der Waals surface area contributed by atoms with Gasteiger partial charge in [0.25, 0.3) is 0 Å². The average Bonchev–Trinajstić information content (AvgIpc) is 3.20. The first kappa shape index (κ1) is 41.5. The van der Waals surface area contributed by atoms with Crippen LogP contribution in [0.15, 0.2) is 90.6 Å². The molecule has 0 spiro atoms. The van der Waals surface area contributed by atoms with E-state index in [0.29, 0.717) is 49.6 Å². The Morgan fingerprint density at radius 2 is 1.82 bits per heavy atom. The lowest BCUT2D eigenvalue weighted by molar-refractivity contribution is -0.253. The zero-order valence-corrected chi connectivity index (χ0v) is 32.2. The number of fused-ring (bicyclic) bond motifs is 2. The van der Waals surface area contributed by atoms with Crippen LogP contribution in [0.25, 0.3) is 0 Å². The summed E-state index contributed by atoms with van der Waals surface area (Å²) < 4.78 is 25.5. The maximum Gasteiger partial charge on any atom is 0.412 e. The van der Waals surface area contributed by atoms with Crippen LogP contribution in [0.1, 0.15) is 75.3 Å². The fourth-order valence-corrected chi connectivity index (χ4v) is 8.31. The van der Waals surface area contributed by atoms with Crippen LogP contribution in [0, 0.1) is 17.8 Å². The van der Waals surface area contributed by atoms with Crippen molar-refractivity contribution >= 4 is 17.9 Å². The molecule has 0 aromatic heterocycles. The van der Waals surface area contributed by atoms with Gasteiger partial charge < -0.3 is 44.2 Å². The van der Waals surface area contributed by atoms with Crippen molar-refractivity contribution in [2.75, 3.05) is 40.1 Å². The van der Waals surface area contributed by atoms with Gasteiger partial charge in [-0.25, -0.2) is 9.59 Å². The summed E-state index contributed by atoms with van der Waals surface area (Å²) in [5.74, 6) is -1.17. The normalized spacial score (nSPS) is 24.3. The Labute approximate surface area is 324 Å². The molecule has 0 saturated heterocycles. The van der Waals surface area contributed by atoms with E-state index in [1.165, 1.54) is 4.90 Å². The number of likely N-dealkylation sites (N-methyl/N-ethyl adjacent to an activating group) is 1. The van der Waals surface area contributed by atoms with Crippen LogP contribution in [0.3, 0.4) is 0 Å². The minimum atomic E-state index is -1.41. The first-order valence-electron chi connectivity index (χ1n) is 19.5. The molecule has 2 amide bonds. The Morgan fingerprint density at radius 3 is 2.53 bits per heavy atom. The average molecular weight is 760 g/mol. The summed E-state index contributed by atoms with van der Waals surface area (Å²) in [6.45, 7) is 10.7. The lowest BCUT2D eigenvalue weighted by atomic mass is 9.55. The second-order valence-electron chi connectivity index (χ2n) is 14.2. The lowest BCUT2D eigenvalue weighted by Gasteiger charge is -2.59. The smallest absolute Gasteiger partial charge is 0.412 e. The minimum absolute atomic E-state index is 0.0208. The molecule has 1 heterocycles. The van der Waals surface area contributed by atoms with Crippen LogP contribution in [0.2, 0.25) is 0 Å². The number of rotatable bonds is 20. The molecule has 1 aliphatic heterocycles. The van der Waals surface area contributed by atoms with Gasteiger partial charge in [-0.3, -0.25) is 0 Å². The highest BCUT2D eigenvalue weighted by atomic mass is 16.7. The van der Waals surface area contributed by atoms with Gasteiger partial charge in [0.1, 0.15) is 24.1 Å². The molecule has 3 N–H and O–H groups in total. The third kappa shape index (κ3) is 9.78. The molecule has 6 atom stereocenters. The maximum absolute atomic E-state index is 13.7. The second-order valence-corrected chi connectivity index (χ2v) is 14.2. The molecule has 298 valence electrons. The van der Waals surface area contributed by atoms with Gasteiger partial charge in [-0.2, -0.15) is 0 Å². The third-order valence-corrected chi connectivity index (χ3v) is 10.7. The number of unbranched alkanes of at least 4 members (excludes halogenated alkanes) is 2. The number of carbonyl (C=O) groups excluding carboxylic acids is 2. The van der Waals surface area contributed by atoms with Crippen molar-refractivity contribution in [1.29, 1.82) is 0 Å². The molecule has 2 aromatic carbocycles. The minimum Gasteiger partial charge on any atom is -0.459 e. The van der Waals surface area contributed by atoms with Crippen molar-refractivity contribution < 1.29 is 43.6 Å². The highest BCUT2D eigenvalue weighted by Crippen LogP contribution is 2.61. The fourth-order valence-electron chi connectivity index (χ4n) is 8.31. The summed E-state index contributed by atoms with van der Waals surface area (Å²) in [7, 11) is 1.69. The summed E-state index contributed by atoms with van der Waals surface area (Å²) in [5, 5.41) is 27.1. The van der Waals surface area contributed by atoms with Crippen LogP contribution in [-0.2, 0) is 20.9 Å². The number of hydrogen-bond donors (Lipinski definition) is 3. The number of aliphatic hydroxyl groups excluding tert-OH is 2. The first-order valence-corrected chi connectivity index (χ1v) is 19.5. The van der Waals surface area contributed by atoms with Crippen LogP contribution in [0.5, 0.6) is 11.5 Å². The van der Waals surface area contributed by atoms with Gasteiger partial charge in [-0.05, 0) is 80.2 Å². The quantitative estimate of drug-likeness (QED) is 0.0720. The van der Waals surface area contributed by atoms with E-state index in [9.17, 15) is 19.8 Å². The summed E-state index contributed by atoms with van der Waals surface area (Å²) >= 11 is 0. The maximum atomic E-state index is 13.7. The molecule has 2 aromatic rings. The topological polar surface area (TPSA) is 148 Å². The molecule has 1 saturated carbocycles. The van der Waals surface area contributed by atoms with E-state index in [2.05, 4.69) is 29.7 Å². The van der Waals surface area contributed by atoms with Gasteiger partial charge in [0.15, 0.2) is 0 Å². The Hall–Kier alpha value is -4.65. The molecule has 0 radical (unpaired) electrons. The highest BCUT2D eigenvalue weighted by molar-refractivity contribution is 6.03. The van der Waals surface area contributed by atoms with Gasteiger partial charge in [0.05, 0.1) is 24.8 Å². The molecule has 2 aliphatic carbocycles. The van der Waals surface area contributed by atoms with Crippen molar-refractivity contribution in [2.45, 2.75) is 82.6 Å². The second kappa shape index (κ2) is 20.3. The van der Waals surface area contributed by atoms with Gasteiger partial charge in [-0.15, -0.1) is 13.2 Å². The van der Waals surface area contributed by atoms with E-state index < -0.39 is 29.9 Å². The molecule has 12 nitrogen and oxygen atoms in total. The van der Waals surface area contributed by atoms with E-state index in [0.717, 1.165) is 42.4 Å². The molecular weight excluding hydrogens is 702 g/mol. The summed E-state index contributed by atoms with van der Waals surface area (Å²) in [4.78, 5) is 34.1. The number of oxime groups is 1. The largest absolute Gasteiger partial charge is 0.459 e. The van der Waals surface area contributed by atoms with Crippen molar-refractivity contribution in [3.63, 3.8) is 0 Å². The van der Waals surface area contributed by atoms with Crippen molar-refractivity contribution in [3.05, 3.63) is 96.6 Å². The Balaban J connectivity index is 1.66. The molecule has 5 rings (SSSR count). The first-order chi connectivity index (χ1) is 26.8. The molecule has 3 aliphatic rings. The monoisotopic (exact) mass is 759 g/mol. The SMILES string of the molecule is C=CCCOC(=O)N(C)[C@H]1CC(=NOCC)C2=C[C@H](CCCCO)[C@@H](CCCCO)[C@@H]3c4cc(OC(=O)NCc5ccccc5)ccc4O[C@@]1(OCC=C)[C@H]23. The molecule has 1 fully saturated rings. The summed E-state index contributed by atoms with van der Waals surface area (Å²) in [5.41, 5.74) is 3.39. The van der Waals surface area contributed by atoms with E-state index in [1.807, 2.05) is 43.3 Å². The number of carbonyl (C=O) groups is 2. The molecular formula is C43H57N3O9. The standard InChI is InChI=1S/C43H57N3O9/c1-5-8-25-51-42(50)46(4)38-28-36(45-53-7-3)34-26-31(18-12-14-22-47)33(19-13-15-23-48)39-35-27-32(54-41(49)44-29-30-16-10-9-11-17-30)20-21-37(35)55-43(38,40(34)39)52-24-6-2/h5-6,9-11,16-17,20-21,26-27,31,33,38-40,47-48H,1-2,7-8,12-15,18-19,22-25,28-29H2,3-4H3,(H,44,49)/t31-,33+,38-,39+,40+,43+/m0/s1. The van der Waals surface area contributed by atoms with Gasteiger partial charge in [0.2, 0.25) is 5.79 Å². The van der Waals surface area contributed by atoms with E-state index >= 15 is 0 Å². The van der Waals surface area contributed by atoms with Crippen LogP contribution in [0.4, 0.5) is 9.59 Å². The zero-order valence-electron chi connectivity index (χ0n) is 32.2. The zero-order chi connectivity index (χ0) is 39.2. The summed E-state index contributed by atoms with van der Waals surface area (Å²) in [6.07, 6.45) is 9.75. The number of allylic oxidation sites excluding steroid dienone is 1.